The van der Waals surface area contributed by atoms with Gasteiger partial charge in [0.05, 0.1) is 0 Å². The molecule has 2 aliphatic carbocycles. The number of esters is 1. The Hall–Kier alpha value is -1.71. The van der Waals surface area contributed by atoms with E-state index in [0.29, 0.717) is 5.92 Å². The van der Waals surface area contributed by atoms with Gasteiger partial charge in [-0.2, -0.15) is 0 Å². The fourth-order valence-electron chi connectivity index (χ4n) is 3.25. The SMILES string of the molecule is CC(=O)Oc1cc(F)c(C2CC3C=CC2C3)c(F)c1. The van der Waals surface area contributed by atoms with Crippen LogP contribution >= 0.6 is 0 Å². The molecule has 1 aromatic rings. The average Bonchev–Trinajstić information content (AvgIpc) is 2.88. The van der Waals surface area contributed by atoms with Crippen molar-refractivity contribution >= 4 is 5.97 Å². The number of rotatable bonds is 2. The molecule has 1 aromatic carbocycles. The lowest BCUT2D eigenvalue weighted by atomic mass is 9.86. The highest BCUT2D eigenvalue weighted by atomic mass is 19.1. The Labute approximate surface area is 110 Å². The standard InChI is InChI=1S/C15H14F2O2/c1-8(18)19-11-6-13(16)15(14(17)7-11)12-5-9-2-3-10(12)4-9/h2-3,6-7,9-10,12H,4-5H2,1H3. The van der Waals surface area contributed by atoms with Gasteiger partial charge in [-0.15, -0.1) is 0 Å². The zero-order chi connectivity index (χ0) is 13.6. The fraction of sp³-hybridized carbons (Fsp3) is 0.400. The third-order valence-electron chi connectivity index (χ3n) is 3.96. The Balaban J connectivity index is 1.94. The molecule has 100 valence electrons. The van der Waals surface area contributed by atoms with Crippen molar-refractivity contribution in [3.63, 3.8) is 0 Å². The summed E-state index contributed by atoms with van der Waals surface area (Å²) in [6, 6.07) is 2.19. The van der Waals surface area contributed by atoms with Gasteiger partial charge >= 0.3 is 5.97 Å². The topological polar surface area (TPSA) is 26.3 Å². The minimum Gasteiger partial charge on any atom is -0.427 e. The maximum Gasteiger partial charge on any atom is 0.308 e. The Morgan fingerprint density at radius 3 is 2.37 bits per heavy atom. The van der Waals surface area contributed by atoms with Crippen LogP contribution in [0.3, 0.4) is 0 Å². The van der Waals surface area contributed by atoms with E-state index < -0.39 is 17.6 Å². The highest BCUT2D eigenvalue weighted by Gasteiger charge is 2.39. The second kappa shape index (κ2) is 4.44. The first kappa shape index (κ1) is 12.3. The Bertz CT molecular complexity index is 542. The van der Waals surface area contributed by atoms with Crippen molar-refractivity contribution in [2.24, 2.45) is 11.8 Å². The molecule has 0 spiro atoms. The number of benzene rings is 1. The molecule has 19 heavy (non-hydrogen) atoms. The first-order valence-electron chi connectivity index (χ1n) is 6.40. The van der Waals surface area contributed by atoms with Crippen LogP contribution in [0, 0.1) is 23.5 Å². The lowest BCUT2D eigenvalue weighted by Gasteiger charge is -2.20. The van der Waals surface area contributed by atoms with E-state index in [-0.39, 0.29) is 23.1 Å². The Morgan fingerprint density at radius 2 is 1.89 bits per heavy atom. The fourth-order valence-corrected chi connectivity index (χ4v) is 3.25. The van der Waals surface area contributed by atoms with E-state index in [2.05, 4.69) is 12.2 Å². The van der Waals surface area contributed by atoms with Crippen LogP contribution in [0.2, 0.25) is 0 Å². The van der Waals surface area contributed by atoms with E-state index in [1.165, 1.54) is 6.92 Å². The molecule has 1 fully saturated rings. The van der Waals surface area contributed by atoms with Crippen molar-refractivity contribution < 1.29 is 18.3 Å². The van der Waals surface area contributed by atoms with Crippen molar-refractivity contribution in [1.29, 1.82) is 0 Å². The number of halogens is 2. The number of hydrogen-bond acceptors (Lipinski definition) is 2. The highest BCUT2D eigenvalue weighted by molar-refractivity contribution is 5.69. The normalized spacial score (nSPS) is 27.8. The summed E-state index contributed by atoms with van der Waals surface area (Å²) in [6.07, 6.45) is 5.96. The molecular formula is C15H14F2O2. The molecule has 2 nitrogen and oxygen atoms in total. The van der Waals surface area contributed by atoms with Crippen LogP contribution in [0.25, 0.3) is 0 Å². The van der Waals surface area contributed by atoms with Crippen molar-refractivity contribution in [1.82, 2.24) is 0 Å². The number of carbonyl (C=O) groups is 1. The zero-order valence-electron chi connectivity index (χ0n) is 10.5. The third-order valence-corrected chi connectivity index (χ3v) is 3.96. The van der Waals surface area contributed by atoms with Gasteiger partial charge in [0.15, 0.2) is 0 Å². The summed E-state index contributed by atoms with van der Waals surface area (Å²) in [4.78, 5) is 10.8. The molecule has 0 N–H and O–H groups in total. The van der Waals surface area contributed by atoms with E-state index in [9.17, 15) is 13.6 Å². The Kier molecular flexibility index (Phi) is 2.88. The molecule has 3 unspecified atom stereocenters. The summed E-state index contributed by atoms with van der Waals surface area (Å²) in [6.45, 7) is 1.20. The number of allylic oxidation sites excluding steroid dienone is 2. The first-order chi connectivity index (χ1) is 9.04. The van der Waals surface area contributed by atoms with Crippen molar-refractivity contribution in [3.05, 3.63) is 41.5 Å². The molecule has 2 aliphatic rings. The summed E-state index contributed by atoms with van der Waals surface area (Å²) in [7, 11) is 0. The van der Waals surface area contributed by atoms with E-state index >= 15 is 0 Å². The Morgan fingerprint density at radius 1 is 1.21 bits per heavy atom. The predicted octanol–water partition coefficient (Wildman–Crippen LogP) is 3.57. The summed E-state index contributed by atoms with van der Waals surface area (Å²) >= 11 is 0. The molecular weight excluding hydrogens is 250 g/mol. The average molecular weight is 264 g/mol. The van der Waals surface area contributed by atoms with Crippen molar-refractivity contribution in [2.75, 3.05) is 0 Å². The molecule has 0 saturated heterocycles. The number of ether oxygens (including phenoxy) is 1. The van der Waals surface area contributed by atoms with Gasteiger partial charge in [-0.1, -0.05) is 12.2 Å². The summed E-state index contributed by atoms with van der Waals surface area (Å²) < 4.78 is 32.9. The summed E-state index contributed by atoms with van der Waals surface area (Å²) in [5.74, 6) is -1.33. The van der Waals surface area contributed by atoms with Crippen LogP contribution in [-0.4, -0.2) is 5.97 Å². The lowest BCUT2D eigenvalue weighted by molar-refractivity contribution is -0.131. The molecule has 3 atom stereocenters. The van der Waals surface area contributed by atoms with Crippen LogP contribution < -0.4 is 4.74 Å². The number of carbonyl (C=O) groups excluding carboxylic acids is 1. The van der Waals surface area contributed by atoms with Crippen LogP contribution in [0.1, 0.15) is 31.2 Å². The molecule has 0 heterocycles. The maximum atomic E-state index is 14.1. The van der Waals surface area contributed by atoms with Gasteiger partial charge in [-0.3, -0.25) is 4.79 Å². The zero-order valence-corrected chi connectivity index (χ0v) is 10.5. The molecule has 0 amide bonds. The van der Waals surface area contributed by atoms with E-state index in [4.69, 9.17) is 4.74 Å². The lowest BCUT2D eigenvalue weighted by Crippen LogP contribution is -2.11. The number of fused-ring (bicyclic) bond motifs is 2. The molecule has 1 saturated carbocycles. The second-order valence-corrected chi connectivity index (χ2v) is 5.28. The highest BCUT2D eigenvalue weighted by Crippen LogP contribution is 2.50. The predicted molar refractivity (Wildman–Crippen MR) is 65.8 cm³/mol. The molecule has 3 rings (SSSR count). The summed E-state index contributed by atoms with van der Waals surface area (Å²) in [5.41, 5.74) is 0.132. The first-order valence-corrected chi connectivity index (χ1v) is 6.40. The summed E-state index contributed by atoms with van der Waals surface area (Å²) in [5, 5.41) is 0. The molecule has 0 aromatic heterocycles. The van der Waals surface area contributed by atoms with Gasteiger partial charge in [-0.25, -0.2) is 8.78 Å². The molecule has 0 radical (unpaired) electrons. The third kappa shape index (κ3) is 2.15. The minimum absolute atomic E-state index is 0.0788. The van der Waals surface area contributed by atoms with Crippen LogP contribution in [0.4, 0.5) is 8.78 Å². The van der Waals surface area contributed by atoms with Crippen LogP contribution in [0.15, 0.2) is 24.3 Å². The van der Waals surface area contributed by atoms with Gasteiger partial charge in [0, 0.05) is 24.6 Å². The molecule has 4 heteroatoms. The van der Waals surface area contributed by atoms with Gasteiger partial charge in [0.2, 0.25) is 0 Å². The van der Waals surface area contributed by atoms with E-state index in [1.54, 1.807) is 0 Å². The van der Waals surface area contributed by atoms with Crippen molar-refractivity contribution in [3.8, 4) is 5.75 Å². The van der Waals surface area contributed by atoms with Crippen LogP contribution in [-0.2, 0) is 4.79 Å². The van der Waals surface area contributed by atoms with Gasteiger partial charge in [-0.05, 0) is 30.6 Å². The van der Waals surface area contributed by atoms with Crippen molar-refractivity contribution in [2.45, 2.75) is 25.7 Å². The maximum absolute atomic E-state index is 14.1. The second-order valence-electron chi connectivity index (χ2n) is 5.28. The van der Waals surface area contributed by atoms with E-state index in [1.807, 2.05) is 0 Å². The largest absolute Gasteiger partial charge is 0.427 e. The number of hydrogen-bond donors (Lipinski definition) is 0. The van der Waals surface area contributed by atoms with Gasteiger partial charge in [0.25, 0.3) is 0 Å². The van der Waals surface area contributed by atoms with Crippen LogP contribution in [0.5, 0.6) is 5.75 Å². The van der Waals surface area contributed by atoms with E-state index in [0.717, 1.165) is 25.0 Å². The van der Waals surface area contributed by atoms with Gasteiger partial charge in [0.1, 0.15) is 17.4 Å². The quantitative estimate of drug-likeness (QED) is 0.463. The minimum atomic E-state index is -0.623. The monoisotopic (exact) mass is 264 g/mol. The smallest absolute Gasteiger partial charge is 0.308 e. The molecule has 0 aliphatic heterocycles. The van der Waals surface area contributed by atoms with Gasteiger partial charge < -0.3 is 4.74 Å². The molecule has 2 bridgehead atoms.